The maximum absolute atomic E-state index is 12.2. The fraction of sp³-hybridized carbons (Fsp3) is 0.407. The predicted octanol–water partition coefficient (Wildman–Crippen LogP) is 3.04. The van der Waals surface area contributed by atoms with Gasteiger partial charge in [0.15, 0.2) is 16.6 Å². The largest absolute Gasteiger partial charge is 0.453 e. The van der Waals surface area contributed by atoms with Crippen LogP contribution in [0.25, 0.3) is 33.0 Å². The Morgan fingerprint density at radius 2 is 1.79 bits per heavy atom. The normalized spacial score (nSPS) is 12.0. The molecule has 4 rings (SSSR count). The van der Waals surface area contributed by atoms with Crippen molar-refractivity contribution in [2.45, 2.75) is 13.3 Å². The first-order chi connectivity index (χ1) is 18.8. The van der Waals surface area contributed by atoms with Crippen LogP contribution in [0, 0.1) is 0 Å². The van der Waals surface area contributed by atoms with E-state index in [2.05, 4.69) is 5.32 Å². The third-order valence-electron chi connectivity index (χ3n) is 6.19. The lowest BCUT2D eigenvalue weighted by Gasteiger charge is -2.23. The van der Waals surface area contributed by atoms with Crippen LogP contribution in [0.3, 0.4) is 0 Å². The number of rotatable bonds is 15. The lowest BCUT2D eigenvalue weighted by molar-refractivity contribution is 0.0361. The number of anilines is 2. The van der Waals surface area contributed by atoms with Gasteiger partial charge in [-0.1, -0.05) is 0 Å². The number of nitrogens with one attached hydrogen (secondary N) is 1. The van der Waals surface area contributed by atoms with Gasteiger partial charge < -0.3 is 29.2 Å². The van der Waals surface area contributed by atoms with E-state index < -0.39 is 10.1 Å². The Hall–Kier alpha value is -3.29. The molecular formula is C27H33N3O8S. The molecule has 0 atom stereocenters. The van der Waals surface area contributed by atoms with Crippen LogP contribution in [-0.4, -0.2) is 81.5 Å². The van der Waals surface area contributed by atoms with E-state index in [0.29, 0.717) is 67.0 Å². The number of hydrogen-bond acceptors (Lipinski definition) is 10. The highest BCUT2D eigenvalue weighted by Crippen LogP contribution is 2.33. The zero-order valence-electron chi connectivity index (χ0n) is 21.8. The molecule has 210 valence electrons. The highest BCUT2D eigenvalue weighted by atomic mass is 32.2. The lowest BCUT2D eigenvalue weighted by Crippen LogP contribution is -2.25. The molecular weight excluding hydrogens is 526 g/mol. The van der Waals surface area contributed by atoms with Crippen molar-refractivity contribution in [3.8, 4) is 0 Å². The molecule has 4 aromatic rings. The molecule has 0 radical (unpaired) electrons. The minimum atomic E-state index is -4.01. The zero-order chi connectivity index (χ0) is 27.8. The molecule has 0 aliphatic heterocycles. The van der Waals surface area contributed by atoms with E-state index in [1.165, 1.54) is 6.07 Å². The number of aliphatic hydroxyl groups excluding tert-OH is 1. The molecule has 0 unspecified atom stereocenters. The summed E-state index contributed by atoms with van der Waals surface area (Å²) in [6.45, 7) is 5.07. The highest BCUT2D eigenvalue weighted by molar-refractivity contribution is 7.85. The molecule has 3 N–H and O–H groups in total. The summed E-state index contributed by atoms with van der Waals surface area (Å²) in [4.78, 5) is 19.0. The van der Waals surface area contributed by atoms with E-state index >= 15 is 0 Å². The SMILES string of the molecule is CCN(CCCS(=O)(=O)O)c1ccc2nc3c(cc(NCCOCCOCCO)c4ccc(=O)cc43)oc2c1. The van der Waals surface area contributed by atoms with Crippen molar-refractivity contribution < 1.29 is 32.0 Å². The number of aliphatic hydroxyl groups is 1. The Balaban J connectivity index is 1.60. The van der Waals surface area contributed by atoms with Crippen molar-refractivity contribution in [3.63, 3.8) is 0 Å². The van der Waals surface area contributed by atoms with Gasteiger partial charge in [-0.2, -0.15) is 8.42 Å². The second-order valence-electron chi connectivity index (χ2n) is 8.94. The van der Waals surface area contributed by atoms with E-state index in [1.807, 2.05) is 36.1 Å². The molecule has 12 heteroatoms. The molecule has 11 nitrogen and oxygen atoms in total. The molecule has 0 aliphatic carbocycles. The van der Waals surface area contributed by atoms with Gasteiger partial charge in [0.1, 0.15) is 11.0 Å². The summed E-state index contributed by atoms with van der Waals surface area (Å²) >= 11 is 0. The van der Waals surface area contributed by atoms with Gasteiger partial charge in [0.2, 0.25) is 0 Å². The van der Waals surface area contributed by atoms with Gasteiger partial charge >= 0.3 is 0 Å². The maximum atomic E-state index is 12.2. The lowest BCUT2D eigenvalue weighted by atomic mass is 10.1. The van der Waals surface area contributed by atoms with Crippen LogP contribution < -0.4 is 15.6 Å². The minimum Gasteiger partial charge on any atom is -0.453 e. The van der Waals surface area contributed by atoms with Crippen molar-refractivity contribution in [3.05, 3.63) is 52.7 Å². The number of nitrogens with zero attached hydrogens (tertiary/aromatic N) is 2. The number of hydrogen-bond donors (Lipinski definition) is 3. The summed E-state index contributed by atoms with van der Waals surface area (Å²) in [5.41, 5.74) is 3.73. The van der Waals surface area contributed by atoms with Gasteiger partial charge in [-0.3, -0.25) is 9.35 Å². The van der Waals surface area contributed by atoms with Gasteiger partial charge in [-0.05, 0) is 43.7 Å². The Morgan fingerprint density at radius 3 is 2.54 bits per heavy atom. The fourth-order valence-corrected chi connectivity index (χ4v) is 4.86. The van der Waals surface area contributed by atoms with Gasteiger partial charge in [0, 0.05) is 53.9 Å². The predicted molar refractivity (Wildman–Crippen MR) is 151 cm³/mol. The quantitative estimate of drug-likeness (QED) is 0.0853. The standard InChI is InChI=1S/C27H33N3O8S/c1-2-30(9-3-15-39(33,34)35)19-4-7-23-25(16-19)38-26-18-24(28-8-11-36-13-14-37-12-10-31)21-6-5-20(32)17-22(21)27(26)29-23/h4-7,16-18,28,31H,2-3,8-15H2,1H3,(H,33,34,35). The number of fused-ring (bicyclic) bond motifs is 4. The summed E-state index contributed by atoms with van der Waals surface area (Å²) in [6, 6.07) is 12.3. The van der Waals surface area contributed by atoms with Gasteiger partial charge in [-0.25, -0.2) is 4.98 Å². The second-order valence-corrected chi connectivity index (χ2v) is 10.5. The number of aromatic nitrogens is 1. The average molecular weight is 560 g/mol. The molecule has 1 aromatic heterocycles. The molecule has 0 aliphatic rings. The van der Waals surface area contributed by atoms with Gasteiger partial charge in [-0.15, -0.1) is 0 Å². The first kappa shape index (κ1) is 28.7. The van der Waals surface area contributed by atoms with Crippen LogP contribution in [0.2, 0.25) is 0 Å². The third-order valence-corrected chi connectivity index (χ3v) is 6.99. The van der Waals surface area contributed by atoms with Crippen molar-refractivity contribution in [1.82, 2.24) is 4.98 Å². The van der Waals surface area contributed by atoms with E-state index in [0.717, 1.165) is 16.8 Å². The second kappa shape index (κ2) is 13.2. The Kier molecular flexibility index (Phi) is 9.70. The third kappa shape index (κ3) is 7.64. The molecule has 0 amide bonds. The summed E-state index contributed by atoms with van der Waals surface area (Å²) in [6.07, 6.45) is 0.287. The van der Waals surface area contributed by atoms with Crippen LogP contribution in [0.4, 0.5) is 11.4 Å². The van der Waals surface area contributed by atoms with Crippen molar-refractivity contribution >= 4 is 54.5 Å². The minimum absolute atomic E-state index is 0.0217. The summed E-state index contributed by atoms with van der Waals surface area (Å²) in [7, 11) is -4.01. The molecule has 39 heavy (non-hydrogen) atoms. The summed E-state index contributed by atoms with van der Waals surface area (Å²) in [5.74, 6) is -0.305. The van der Waals surface area contributed by atoms with Crippen LogP contribution in [-0.2, 0) is 19.6 Å². The first-order valence-electron chi connectivity index (χ1n) is 12.8. The molecule has 0 spiro atoms. The van der Waals surface area contributed by atoms with Crippen LogP contribution in [0.15, 0.2) is 51.7 Å². The van der Waals surface area contributed by atoms with Crippen LogP contribution >= 0.6 is 0 Å². The molecule has 0 saturated heterocycles. The van der Waals surface area contributed by atoms with E-state index in [1.54, 1.807) is 12.1 Å². The molecule has 0 bridgehead atoms. The van der Waals surface area contributed by atoms with Gasteiger partial charge in [0.05, 0.1) is 38.8 Å². The smallest absolute Gasteiger partial charge is 0.264 e. The number of ether oxygens (including phenoxy) is 2. The molecule has 0 fully saturated rings. The van der Waals surface area contributed by atoms with E-state index in [9.17, 15) is 13.2 Å². The summed E-state index contributed by atoms with van der Waals surface area (Å²) < 4.78 is 48.2. The van der Waals surface area contributed by atoms with Gasteiger partial charge in [0.25, 0.3) is 10.1 Å². The van der Waals surface area contributed by atoms with Crippen LogP contribution in [0.5, 0.6) is 0 Å². The Morgan fingerprint density at radius 1 is 1.00 bits per heavy atom. The number of benzene rings is 3. The van der Waals surface area contributed by atoms with Crippen molar-refractivity contribution in [2.24, 2.45) is 0 Å². The van der Waals surface area contributed by atoms with E-state index in [-0.39, 0.29) is 30.8 Å². The van der Waals surface area contributed by atoms with E-state index in [4.69, 9.17) is 28.5 Å². The fourth-order valence-electron chi connectivity index (χ4n) is 4.37. The van der Waals surface area contributed by atoms with Crippen LogP contribution in [0.1, 0.15) is 13.3 Å². The maximum Gasteiger partial charge on any atom is 0.264 e. The van der Waals surface area contributed by atoms with Crippen molar-refractivity contribution in [1.29, 1.82) is 0 Å². The summed E-state index contributed by atoms with van der Waals surface area (Å²) in [5, 5.41) is 13.6. The zero-order valence-corrected chi connectivity index (χ0v) is 22.6. The monoisotopic (exact) mass is 559 g/mol. The molecule has 3 aromatic carbocycles. The Bertz CT molecular complexity index is 1590. The van der Waals surface area contributed by atoms with Crippen molar-refractivity contribution in [2.75, 3.05) is 68.6 Å². The first-order valence-corrected chi connectivity index (χ1v) is 14.4. The molecule has 0 saturated carbocycles. The Labute approximate surface area is 226 Å². The highest BCUT2D eigenvalue weighted by Gasteiger charge is 2.14. The topological polar surface area (TPSA) is 151 Å². The molecule has 1 heterocycles. The average Bonchev–Trinajstić information content (AvgIpc) is 2.90.